The van der Waals surface area contributed by atoms with Crippen LogP contribution in [0.4, 0.5) is 0 Å². The maximum absolute atomic E-state index is 4.26. The quantitative estimate of drug-likeness (QED) is 0.915. The van der Waals surface area contributed by atoms with Gasteiger partial charge < -0.3 is 5.32 Å². The van der Waals surface area contributed by atoms with Gasteiger partial charge in [-0.3, -0.25) is 0 Å². The molecule has 1 aromatic carbocycles. The Balaban J connectivity index is 1.78. The van der Waals surface area contributed by atoms with Gasteiger partial charge in [0.1, 0.15) is 0 Å². The summed E-state index contributed by atoms with van der Waals surface area (Å²) in [6.45, 7) is 3.05. The summed E-state index contributed by atoms with van der Waals surface area (Å²) in [6.07, 6.45) is 5.59. The first-order valence-corrected chi connectivity index (χ1v) is 7.06. The van der Waals surface area contributed by atoms with E-state index in [1.54, 1.807) is 0 Å². The predicted molar refractivity (Wildman–Crippen MR) is 75.0 cm³/mol. The maximum atomic E-state index is 4.26. The summed E-state index contributed by atoms with van der Waals surface area (Å²) < 4.78 is 2.06. The fourth-order valence-electron chi connectivity index (χ4n) is 2.78. The molecule has 100 valence electrons. The van der Waals surface area contributed by atoms with Gasteiger partial charge in [0.25, 0.3) is 0 Å². The number of benzene rings is 1. The summed E-state index contributed by atoms with van der Waals surface area (Å²) in [4.78, 5) is 0. The van der Waals surface area contributed by atoms with Gasteiger partial charge in [-0.1, -0.05) is 35.5 Å². The van der Waals surface area contributed by atoms with E-state index < -0.39 is 0 Å². The molecule has 19 heavy (non-hydrogen) atoms. The second-order valence-corrected chi connectivity index (χ2v) is 5.18. The molecule has 0 amide bonds. The summed E-state index contributed by atoms with van der Waals surface area (Å²) in [5, 5.41) is 11.8. The zero-order valence-electron chi connectivity index (χ0n) is 11.1. The van der Waals surface area contributed by atoms with Crippen molar-refractivity contribution < 1.29 is 0 Å². The van der Waals surface area contributed by atoms with E-state index in [0.29, 0.717) is 5.92 Å². The molecule has 0 spiro atoms. The number of rotatable bonds is 3. The zero-order valence-corrected chi connectivity index (χ0v) is 11.1. The molecule has 2 aromatic rings. The first kappa shape index (κ1) is 12.4. The SMILES string of the molecule is c1ccc(Cn2nncc2C2CCCNCC2)cc1. The lowest BCUT2D eigenvalue weighted by molar-refractivity contribution is 0.529. The van der Waals surface area contributed by atoms with Crippen molar-refractivity contribution in [3.63, 3.8) is 0 Å². The Morgan fingerprint density at radius 3 is 2.95 bits per heavy atom. The molecule has 1 aromatic heterocycles. The summed E-state index contributed by atoms with van der Waals surface area (Å²) in [7, 11) is 0. The molecule has 1 fully saturated rings. The number of nitrogens with one attached hydrogen (secondary N) is 1. The van der Waals surface area contributed by atoms with Gasteiger partial charge in [0, 0.05) is 5.92 Å². The maximum Gasteiger partial charge on any atom is 0.0728 e. The Kier molecular flexibility index (Phi) is 3.89. The Labute approximate surface area is 113 Å². The smallest absolute Gasteiger partial charge is 0.0728 e. The third-order valence-electron chi connectivity index (χ3n) is 3.82. The molecule has 0 saturated carbocycles. The molecule has 1 atom stereocenters. The van der Waals surface area contributed by atoms with Gasteiger partial charge in [-0.2, -0.15) is 0 Å². The lowest BCUT2D eigenvalue weighted by Crippen LogP contribution is -2.15. The minimum Gasteiger partial charge on any atom is -0.317 e. The Bertz CT molecular complexity index is 498. The summed E-state index contributed by atoms with van der Waals surface area (Å²) in [6, 6.07) is 10.5. The highest BCUT2D eigenvalue weighted by atomic mass is 15.4. The molecule has 3 rings (SSSR count). The molecule has 0 aliphatic carbocycles. The van der Waals surface area contributed by atoms with Gasteiger partial charge in [-0.05, 0) is 37.9 Å². The molecule has 1 unspecified atom stereocenters. The Morgan fingerprint density at radius 2 is 2.05 bits per heavy atom. The second kappa shape index (κ2) is 5.97. The van der Waals surface area contributed by atoms with Crippen LogP contribution in [0.15, 0.2) is 36.5 Å². The number of nitrogens with zero attached hydrogens (tertiary/aromatic N) is 3. The van der Waals surface area contributed by atoms with Crippen molar-refractivity contribution in [2.45, 2.75) is 31.7 Å². The first-order valence-electron chi connectivity index (χ1n) is 7.06. The molecular formula is C15H20N4. The van der Waals surface area contributed by atoms with E-state index >= 15 is 0 Å². The van der Waals surface area contributed by atoms with E-state index in [1.807, 2.05) is 12.3 Å². The average molecular weight is 256 g/mol. The summed E-state index contributed by atoms with van der Waals surface area (Å²) in [5.41, 5.74) is 2.56. The van der Waals surface area contributed by atoms with E-state index in [4.69, 9.17) is 0 Å². The summed E-state index contributed by atoms with van der Waals surface area (Å²) >= 11 is 0. The Morgan fingerprint density at radius 1 is 1.16 bits per heavy atom. The van der Waals surface area contributed by atoms with E-state index in [0.717, 1.165) is 19.6 Å². The van der Waals surface area contributed by atoms with E-state index in [1.165, 1.54) is 30.5 Å². The molecule has 4 heteroatoms. The van der Waals surface area contributed by atoms with Crippen LogP contribution in [0.3, 0.4) is 0 Å². The standard InChI is InChI=1S/C15H20N4/c1-2-5-13(6-3-1)12-19-15(11-17-18-19)14-7-4-9-16-10-8-14/h1-3,5-6,11,14,16H,4,7-10,12H2. The van der Waals surface area contributed by atoms with E-state index in [2.05, 4.69) is 44.6 Å². The minimum atomic E-state index is 0.591. The molecule has 4 nitrogen and oxygen atoms in total. The largest absolute Gasteiger partial charge is 0.317 e. The van der Waals surface area contributed by atoms with Crippen molar-refractivity contribution in [3.05, 3.63) is 47.8 Å². The third-order valence-corrected chi connectivity index (χ3v) is 3.82. The lowest BCUT2D eigenvalue weighted by atomic mass is 9.97. The van der Waals surface area contributed by atoms with E-state index in [9.17, 15) is 0 Å². The molecule has 1 N–H and O–H groups in total. The van der Waals surface area contributed by atoms with Crippen LogP contribution in [0.1, 0.15) is 36.4 Å². The number of aromatic nitrogens is 3. The fourth-order valence-corrected chi connectivity index (χ4v) is 2.78. The topological polar surface area (TPSA) is 42.7 Å². The van der Waals surface area contributed by atoms with Crippen molar-refractivity contribution in [3.8, 4) is 0 Å². The van der Waals surface area contributed by atoms with Gasteiger partial charge >= 0.3 is 0 Å². The average Bonchev–Trinajstić information content (AvgIpc) is 2.74. The van der Waals surface area contributed by atoms with Gasteiger partial charge in [0.2, 0.25) is 0 Å². The van der Waals surface area contributed by atoms with E-state index in [-0.39, 0.29) is 0 Å². The number of hydrogen-bond donors (Lipinski definition) is 1. The fraction of sp³-hybridized carbons (Fsp3) is 0.467. The lowest BCUT2D eigenvalue weighted by Gasteiger charge is -2.15. The van der Waals surface area contributed by atoms with Gasteiger partial charge in [-0.25, -0.2) is 4.68 Å². The predicted octanol–water partition coefficient (Wildman–Crippen LogP) is 2.18. The van der Waals surface area contributed by atoms with Crippen molar-refractivity contribution in [1.29, 1.82) is 0 Å². The van der Waals surface area contributed by atoms with Gasteiger partial charge in [0.05, 0.1) is 18.4 Å². The van der Waals surface area contributed by atoms with Crippen molar-refractivity contribution in [1.82, 2.24) is 20.3 Å². The molecule has 0 radical (unpaired) electrons. The molecular weight excluding hydrogens is 236 g/mol. The van der Waals surface area contributed by atoms with Crippen molar-refractivity contribution in [2.75, 3.05) is 13.1 Å². The second-order valence-electron chi connectivity index (χ2n) is 5.18. The zero-order chi connectivity index (χ0) is 12.9. The third kappa shape index (κ3) is 3.01. The van der Waals surface area contributed by atoms with Crippen LogP contribution in [0.5, 0.6) is 0 Å². The van der Waals surface area contributed by atoms with Gasteiger partial charge in [-0.15, -0.1) is 5.10 Å². The highest BCUT2D eigenvalue weighted by molar-refractivity contribution is 5.16. The molecule has 1 saturated heterocycles. The Hall–Kier alpha value is -1.68. The van der Waals surface area contributed by atoms with Crippen LogP contribution in [0, 0.1) is 0 Å². The van der Waals surface area contributed by atoms with Crippen LogP contribution >= 0.6 is 0 Å². The van der Waals surface area contributed by atoms with Crippen LogP contribution in [-0.2, 0) is 6.54 Å². The first-order chi connectivity index (χ1) is 9.43. The monoisotopic (exact) mass is 256 g/mol. The normalized spacial score (nSPS) is 20.1. The van der Waals surface area contributed by atoms with Crippen LogP contribution in [0.25, 0.3) is 0 Å². The van der Waals surface area contributed by atoms with Crippen molar-refractivity contribution in [2.24, 2.45) is 0 Å². The highest BCUT2D eigenvalue weighted by Crippen LogP contribution is 2.25. The van der Waals surface area contributed by atoms with Crippen molar-refractivity contribution >= 4 is 0 Å². The van der Waals surface area contributed by atoms with Gasteiger partial charge in [0.15, 0.2) is 0 Å². The van der Waals surface area contributed by atoms with Crippen LogP contribution < -0.4 is 5.32 Å². The molecule has 1 aliphatic rings. The van der Waals surface area contributed by atoms with Crippen LogP contribution in [0.2, 0.25) is 0 Å². The highest BCUT2D eigenvalue weighted by Gasteiger charge is 2.18. The van der Waals surface area contributed by atoms with Crippen LogP contribution in [-0.4, -0.2) is 28.1 Å². The molecule has 0 bridgehead atoms. The molecule has 2 heterocycles. The molecule has 1 aliphatic heterocycles. The number of hydrogen-bond acceptors (Lipinski definition) is 3. The summed E-state index contributed by atoms with van der Waals surface area (Å²) in [5.74, 6) is 0.591. The minimum absolute atomic E-state index is 0.591.